The molecule has 0 fully saturated rings. The van der Waals surface area contributed by atoms with Crippen molar-refractivity contribution in [3.8, 4) is 0 Å². The van der Waals surface area contributed by atoms with E-state index in [1.807, 2.05) is 18.2 Å². The SMILES string of the molecule is Nc1ncc(Cc2cccc(Cl)c2)cc1F. The molecule has 2 aromatic rings. The van der Waals surface area contributed by atoms with Gasteiger partial charge in [-0.15, -0.1) is 0 Å². The van der Waals surface area contributed by atoms with Gasteiger partial charge in [0.25, 0.3) is 0 Å². The zero-order valence-corrected chi connectivity index (χ0v) is 9.21. The van der Waals surface area contributed by atoms with Crippen LogP contribution in [-0.2, 0) is 6.42 Å². The molecular formula is C12H10ClFN2. The molecule has 0 saturated heterocycles. The van der Waals surface area contributed by atoms with Crippen molar-refractivity contribution in [2.45, 2.75) is 6.42 Å². The number of nitrogens with two attached hydrogens (primary N) is 1. The fraction of sp³-hybridized carbons (Fsp3) is 0.0833. The molecule has 0 radical (unpaired) electrons. The van der Waals surface area contributed by atoms with Gasteiger partial charge in [0, 0.05) is 11.2 Å². The van der Waals surface area contributed by atoms with Gasteiger partial charge < -0.3 is 5.73 Å². The van der Waals surface area contributed by atoms with Crippen molar-refractivity contribution < 1.29 is 4.39 Å². The number of halogens is 2. The van der Waals surface area contributed by atoms with Crippen molar-refractivity contribution in [2.75, 3.05) is 5.73 Å². The highest BCUT2D eigenvalue weighted by Gasteiger charge is 2.02. The molecule has 4 heteroatoms. The van der Waals surface area contributed by atoms with Crippen molar-refractivity contribution in [2.24, 2.45) is 0 Å². The molecule has 0 amide bonds. The van der Waals surface area contributed by atoms with Gasteiger partial charge in [-0.2, -0.15) is 0 Å². The van der Waals surface area contributed by atoms with E-state index in [0.717, 1.165) is 11.1 Å². The third kappa shape index (κ3) is 2.49. The van der Waals surface area contributed by atoms with Gasteiger partial charge in [-0.1, -0.05) is 23.7 Å². The summed E-state index contributed by atoms with van der Waals surface area (Å²) in [5.74, 6) is -0.561. The maximum Gasteiger partial charge on any atom is 0.165 e. The zero-order valence-electron chi connectivity index (χ0n) is 8.45. The first-order valence-corrected chi connectivity index (χ1v) is 5.17. The lowest BCUT2D eigenvalue weighted by Gasteiger charge is -2.03. The first kappa shape index (κ1) is 10.9. The number of aromatic nitrogens is 1. The molecule has 16 heavy (non-hydrogen) atoms. The van der Waals surface area contributed by atoms with Crippen LogP contribution in [-0.4, -0.2) is 4.98 Å². The number of rotatable bonds is 2. The molecule has 0 bridgehead atoms. The van der Waals surface area contributed by atoms with Crippen LogP contribution in [0.15, 0.2) is 36.5 Å². The Morgan fingerprint density at radius 3 is 2.75 bits per heavy atom. The Hall–Kier alpha value is -1.61. The maximum atomic E-state index is 13.1. The highest BCUT2D eigenvalue weighted by molar-refractivity contribution is 6.30. The van der Waals surface area contributed by atoms with E-state index >= 15 is 0 Å². The fourth-order valence-corrected chi connectivity index (χ4v) is 1.68. The van der Waals surface area contributed by atoms with Gasteiger partial charge in [-0.25, -0.2) is 9.37 Å². The second kappa shape index (κ2) is 4.49. The highest BCUT2D eigenvalue weighted by Crippen LogP contribution is 2.16. The van der Waals surface area contributed by atoms with E-state index in [-0.39, 0.29) is 5.82 Å². The first-order chi connectivity index (χ1) is 7.65. The molecule has 0 aliphatic rings. The van der Waals surface area contributed by atoms with Gasteiger partial charge in [0.15, 0.2) is 11.6 Å². The Balaban J connectivity index is 2.24. The molecule has 2 N–H and O–H groups in total. The average molecular weight is 237 g/mol. The third-order valence-electron chi connectivity index (χ3n) is 2.22. The van der Waals surface area contributed by atoms with Crippen LogP contribution in [0.2, 0.25) is 5.02 Å². The van der Waals surface area contributed by atoms with E-state index in [4.69, 9.17) is 17.3 Å². The zero-order chi connectivity index (χ0) is 11.5. The quantitative estimate of drug-likeness (QED) is 0.871. The molecule has 0 saturated carbocycles. The molecule has 0 unspecified atom stereocenters. The Morgan fingerprint density at radius 1 is 1.25 bits per heavy atom. The molecule has 2 nitrogen and oxygen atoms in total. The van der Waals surface area contributed by atoms with Crippen LogP contribution in [0.3, 0.4) is 0 Å². The van der Waals surface area contributed by atoms with E-state index in [0.29, 0.717) is 11.4 Å². The number of anilines is 1. The average Bonchev–Trinajstić information content (AvgIpc) is 2.24. The lowest BCUT2D eigenvalue weighted by atomic mass is 10.1. The van der Waals surface area contributed by atoms with E-state index in [1.54, 1.807) is 12.3 Å². The van der Waals surface area contributed by atoms with E-state index in [1.165, 1.54) is 6.07 Å². The van der Waals surface area contributed by atoms with Crippen LogP contribution < -0.4 is 5.73 Å². The normalized spacial score (nSPS) is 10.4. The number of benzene rings is 1. The van der Waals surface area contributed by atoms with E-state index in [2.05, 4.69) is 4.98 Å². The van der Waals surface area contributed by atoms with Gasteiger partial charge in [-0.3, -0.25) is 0 Å². The number of nitrogen functional groups attached to an aromatic ring is 1. The third-order valence-corrected chi connectivity index (χ3v) is 2.46. The second-order valence-electron chi connectivity index (χ2n) is 3.52. The molecule has 1 aromatic carbocycles. The topological polar surface area (TPSA) is 38.9 Å². The molecule has 0 aliphatic heterocycles. The summed E-state index contributed by atoms with van der Waals surface area (Å²) in [6.45, 7) is 0. The highest BCUT2D eigenvalue weighted by atomic mass is 35.5. The summed E-state index contributed by atoms with van der Waals surface area (Å²) in [4.78, 5) is 3.77. The molecule has 1 aromatic heterocycles. The summed E-state index contributed by atoms with van der Waals surface area (Å²) in [6.07, 6.45) is 2.16. The van der Waals surface area contributed by atoms with Gasteiger partial charge in [0.2, 0.25) is 0 Å². The van der Waals surface area contributed by atoms with E-state index < -0.39 is 5.82 Å². The Labute approximate surface area is 97.9 Å². The lowest BCUT2D eigenvalue weighted by Crippen LogP contribution is -1.97. The van der Waals surface area contributed by atoms with Crippen LogP contribution >= 0.6 is 11.6 Å². The Morgan fingerprint density at radius 2 is 2.06 bits per heavy atom. The van der Waals surface area contributed by atoms with Crippen LogP contribution in [0.5, 0.6) is 0 Å². The lowest BCUT2D eigenvalue weighted by molar-refractivity contribution is 0.625. The summed E-state index contributed by atoms with van der Waals surface area (Å²) >= 11 is 5.86. The summed E-state index contributed by atoms with van der Waals surface area (Å²) in [6, 6.07) is 8.82. The summed E-state index contributed by atoms with van der Waals surface area (Å²) in [7, 11) is 0. The monoisotopic (exact) mass is 236 g/mol. The van der Waals surface area contributed by atoms with Crippen LogP contribution in [0.4, 0.5) is 10.2 Å². The number of hydrogen-bond acceptors (Lipinski definition) is 2. The van der Waals surface area contributed by atoms with Crippen molar-refractivity contribution in [1.29, 1.82) is 0 Å². The van der Waals surface area contributed by atoms with Gasteiger partial charge in [0.05, 0.1) is 0 Å². The van der Waals surface area contributed by atoms with E-state index in [9.17, 15) is 4.39 Å². The molecule has 82 valence electrons. The van der Waals surface area contributed by atoms with Crippen molar-refractivity contribution in [1.82, 2.24) is 4.98 Å². The molecule has 1 heterocycles. The minimum Gasteiger partial charge on any atom is -0.381 e. The van der Waals surface area contributed by atoms with Crippen molar-refractivity contribution in [3.05, 3.63) is 58.5 Å². The van der Waals surface area contributed by atoms with Gasteiger partial charge in [0.1, 0.15) is 0 Å². The van der Waals surface area contributed by atoms with Gasteiger partial charge >= 0.3 is 0 Å². The minimum absolute atomic E-state index is 0.0742. The fourth-order valence-electron chi connectivity index (χ4n) is 1.47. The summed E-state index contributed by atoms with van der Waals surface area (Å²) in [5, 5.41) is 0.668. The first-order valence-electron chi connectivity index (χ1n) is 4.79. The van der Waals surface area contributed by atoms with Crippen molar-refractivity contribution in [3.63, 3.8) is 0 Å². The standard InChI is InChI=1S/C12H10ClFN2/c13-10-3-1-2-8(5-10)4-9-6-11(14)12(15)16-7-9/h1-3,5-7H,4H2,(H2,15,16). The minimum atomic E-state index is -0.487. The molecular weight excluding hydrogens is 227 g/mol. The van der Waals surface area contributed by atoms with Crippen LogP contribution in [0.25, 0.3) is 0 Å². The maximum absolute atomic E-state index is 13.1. The number of nitrogens with zero attached hydrogens (tertiary/aromatic N) is 1. The van der Waals surface area contributed by atoms with Crippen LogP contribution in [0.1, 0.15) is 11.1 Å². The molecule has 0 spiro atoms. The smallest absolute Gasteiger partial charge is 0.165 e. The van der Waals surface area contributed by atoms with Crippen molar-refractivity contribution >= 4 is 17.4 Å². The largest absolute Gasteiger partial charge is 0.381 e. The van der Waals surface area contributed by atoms with Gasteiger partial charge in [-0.05, 0) is 35.7 Å². The molecule has 2 rings (SSSR count). The predicted octanol–water partition coefficient (Wildman–Crippen LogP) is 3.05. The summed E-state index contributed by atoms with van der Waals surface area (Å²) < 4.78 is 13.1. The Bertz CT molecular complexity index is 514. The second-order valence-corrected chi connectivity index (χ2v) is 3.95. The number of pyridine rings is 1. The van der Waals surface area contributed by atoms with Crippen LogP contribution in [0, 0.1) is 5.82 Å². The Kier molecular flexibility index (Phi) is 3.06. The molecule has 0 aliphatic carbocycles. The number of hydrogen-bond donors (Lipinski definition) is 1. The predicted molar refractivity (Wildman–Crippen MR) is 62.9 cm³/mol. The molecule has 0 atom stereocenters. The summed E-state index contributed by atoms with van der Waals surface area (Å²) in [5.41, 5.74) is 7.08.